The molecule has 2 heterocycles. The van der Waals surface area contributed by atoms with Gasteiger partial charge in [0.15, 0.2) is 5.58 Å². The zero-order chi connectivity index (χ0) is 10.8. The summed E-state index contributed by atoms with van der Waals surface area (Å²) >= 11 is 0. The topological polar surface area (TPSA) is 47.3 Å². The summed E-state index contributed by atoms with van der Waals surface area (Å²) in [5.74, 6) is 0. The number of fused-ring (bicyclic) bond motifs is 1. The van der Waals surface area contributed by atoms with Gasteiger partial charge < -0.3 is 14.5 Å². The molecule has 0 radical (unpaired) electrons. The number of piperidine rings is 1. The number of hydrogen-bond donors (Lipinski definition) is 1. The van der Waals surface area contributed by atoms with Gasteiger partial charge in [0, 0.05) is 6.54 Å². The van der Waals surface area contributed by atoms with Crippen LogP contribution in [0.25, 0.3) is 11.1 Å². The third-order valence-electron chi connectivity index (χ3n) is 2.79. The minimum atomic E-state index is 0.182. The fourth-order valence-corrected chi connectivity index (χ4v) is 1.96. The van der Waals surface area contributed by atoms with Crippen LogP contribution in [0.15, 0.2) is 28.7 Å². The Bertz CT molecular complexity index is 442. The third kappa shape index (κ3) is 1.88. The van der Waals surface area contributed by atoms with E-state index in [0.717, 1.165) is 37.0 Å². The molecule has 1 fully saturated rings. The molecule has 84 valence electrons. The summed E-state index contributed by atoms with van der Waals surface area (Å²) in [6.45, 7) is 1.95. The van der Waals surface area contributed by atoms with Crippen LogP contribution in [-0.4, -0.2) is 24.2 Å². The van der Waals surface area contributed by atoms with Gasteiger partial charge in [0.25, 0.3) is 0 Å². The maximum Gasteiger partial charge on any atom is 0.394 e. The van der Waals surface area contributed by atoms with Gasteiger partial charge in [-0.3, -0.25) is 0 Å². The fourth-order valence-electron chi connectivity index (χ4n) is 1.96. The zero-order valence-electron chi connectivity index (χ0n) is 8.98. The number of para-hydroxylation sites is 2. The van der Waals surface area contributed by atoms with Gasteiger partial charge in [-0.2, -0.15) is 4.98 Å². The van der Waals surface area contributed by atoms with Crippen molar-refractivity contribution < 1.29 is 9.15 Å². The first kappa shape index (κ1) is 9.66. The lowest BCUT2D eigenvalue weighted by Gasteiger charge is -2.21. The second kappa shape index (κ2) is 4.14. The van der Waals surface area contributed by atoms with Crippen LogP contribution in [0.3, 0.4) is 0 Å². The van der Waals surface area contributed by atoms with E-state index in [9.17, 15) is 0 Å². The molecule has 3 rings (SSSR count). The monoisotopic (exact) mass is 218 g/mol. The van der Waals surface area contributed by atoms with E-state index in [1.54, 1.807) is 0 Å². The molecule has 1 N–H and O–H groups in total. The summed E-state index contributed by atoms with van der Waals surface area (Å²) in [4.78, 5) is 4.29. The molecule has 1 atom stereocenters. The highest BCUT2D eigenvalue weighted by molar-refractivity contribution is 5.72. The lowest BCUT2D eigenvalue weighted by Crippen LogP contribution is -2.37. The van der Waals surface area contributed by atoms with Gasteiger partial charge in [-0.1, -0.05) is 12.1 Å². The van der Waals surface area contributed by atoms with Crippen molar-refractivity contribution in [2.75, 3.05) is 13.1 Å². The van der Waals surface area contributed by atoms with Crippen molar-refractivity contribution in [3.63, 3.8) is 0 Å². The molecule has 4 heteroatoms. The standard InChI is InChI=1S/C12H14N2O2/c1-2-6-11-10(5-1)14-12(16-11)15-9-4-3-7-13-8-9/h1-2,5-6,9,13H,3-4,7-8H2/t9-/m1/s1. The van der Waals surface area contributed by atoms with Gasteiger partial charge in [0.05, 0.1) is 0 Å². The number of benzene rings is 1. The van der Waals surface area contributed by atoms with E-state index in [1.165, 1.54) is 0 Å². The number of oxazole rings is 1. The van der Waals surface area contributed by atoms with E-state index in [-0.39, 0.29) is 6.10 Å². The summed E-state index contributed by atoms with van der Waals surface area (Å²) in [6.07, 6.45) is 2.77. The molecule has 0 bridgehead atoms. The van der Waals surface area contributed by atoms with Gasteiger partial charge in [-0.05, 0) is 31.5 Å². The first-order chi connectivity index (χ1) is 7.92. The highest BCUT2D eigenvalue weighted by Gasteiger charge is 2.17. The Balaban J connectivity index is 1.78. The molecule has 16 heavy (non-hydrogen) atoms. The van der Waals surface area contributed by atoms with Crippen LogP contribution in [-0.2, 0) is 0 Å². The molecular formula is C12H14N2O2. The number of aromatic nitrogens is 1. The van der Waals surface area contributed by atoms with Crippen molar-refractivity contribution in [3.05, 3.63) is 24.3 Å². The Labute approximate surface area is 93.6 Å². The average Bonchev–Trinajstić information content (AvgIpc) is 2.72. The third-order valence-corrected chi connectivity index (χ3v) is 2.79. The van der Waals surface area contributed by atoms with Gasteiger partial charge in [-0.25, -0.2) is 0 Å². The summed E-state index contributed by atoms with van der Waals surface area (Å²) in [5.41, 5.74) is 1.63. The summed E-state index contributed by atoms with van der Waals surface area (Å²) in [7, 11) is 0. The van der Waals surface area contributed by atoms with E-state index in [4.69, 9.17) is 9.15 Å². The normalized spacial score (nSPS) is 21.1. The molecule has 1 saturated heterocycles. The minimum Gasteiger partial charge on any atom is -0.445 e. The van der Waals surface area contributed by atoms with Crippen molar-refractivity contribution in [2.24, 2.45) is 0 Å². The van der Waals surface area contributed by atoms with Crippen molar-refractivity contribution >= 4 is 11.1 Å². The smallest absolute Gasteiger partial charge is 0.394 e. The molecule has 0 unspecified atom stereocenters. The highest BCUT2D eigenvalue weighted by Crippen LogP contribution is 2.21. The van der Waals surface area contributed by atoms with Crippen LogP contribution in [0.4, 0.5) is 0 Å². The highest BCUT2D eigenvalue weighted by atomic mass is 16.6. The van der Waals surface area contributed by atoms with Gasteiger partial charge in [0.1, 0.15) is 11.6 Å². The Morgan fingerprint density at radius 1 is 1.38 bits per heavy atom. The van der Waals surface area contributed by atoms with E-state index in [1.807, 2.05) is 24.3 Å². The lowest BCUT2D eigenvalue weighted by atomic mass is 10.1. The van der Waals surface area contributed by atoms with Crippen molar-refractivity contribution in [1.29, 1.82) is 0 Å². The molecule has 1 aliphatic rings. The van der Waals surface area contributed by atoms with Crippen molar-refractivity contribution in [1.82, 2.24) is 10.3 Å². The first-order valence-corrected chi connectivity index (χ1v) is 5.65. The zero-order valence-corrected chi connectivity index (χ0v) is 8.98. The van der Waals surface area contributed by atoms with Crippen molar-refractivity contribution in [2.45, 2.75) is 18.9 Å². The van der Waals surface area contributed by atoms with Gasteiger partial charge >= 0.3 is 6.08 Å². The van der Waals surface area contributed by atoms with E-state index < -0.39 is 0 Å². The molecule has 1 aromatic carbocycles. The molecular weight excluding hydrogens is 204 g/mol. The summed E-state index contributed by atoms with van der Waals surface area (Å²) < 4.78 is 11.2. The molecule has 1 aliphatic heterocycles. The van der Waals surface area contributed by atoms with Crippen LogP contribution in [0.1, 0.15) is 12.8 Å². The average molecular weight is 218 g/mol. The molecule has 0 spiro atoms. The molecule has 0 aliphatic carbocycles. The predicted octanol–water partition coefficient (Wildman–Crippen LogP) is 1.96. The molecule has 0 saturated carbocycles. The maximum absolute atomic E-state index is 5.70. The number of hydrogen-bond acceptors (Lipinski definition) is 4. The number of nitrogens with zero attached hydrogens (tertiary/aromatic N) is 1. The predicted molar refractivity (Wildman–Crippen MR) is 60.5 cm³/mol. The van der Waals surface area contributed by atoms with Crippen LogP contribution in [0.2, 0.25) is 0 Å². The van der Waals surface area contributed by atoms with Crippen LogP contribution < -0.4 is 10.1 Å². The Morgan fingerprint density at radius 3 is 3.12 bits per heavy atom. The Kier molecular flexibility index (Phi) is 2.50. The fraction of sp³-hybridized carbons (Fsp3) is 0.417. The second-order valence-electron chi connectivity index (χ2n) is 4.03. The Hall–Kier alpha value is -1.55. The quantitative estimate of drug-likeness (QED) is 0.837. The van der Waals surface area contributed by atoms with Crippen LogP contribution in [0, 0.1) is 0 Å². The number of ether oxygens (including phenoxy) is 1. The Morgan fingerprint density at radius 2 is 2.31 bits per heavy atom. The molecule has 0 amide bonds. The summed E-state index contributed by atoms with van der Waals surface area (Å²) in [6, 6.07) is 7.69. The van der Waals surface area contributed by atoms with Crippen molar-refractivity contribution in [3.8, 4) is 6.08 Å². The van der Waals surface area contributed by atoms with E-state index in [0.29, 0.717) is 6.08 Å². The van der Waals surface area contributed by atoms with Crippen LogP contribution in [0.5, 0.6) is 6.08 Å². The lowest BCUT2D eigenvalue weighted by molar-refractivity contribution is 0.125. The van der Waals surface area contributed by atoms with Gasteiger partial charge in [-0.15, -0.1) is 0 Å². The van der Waals surface area contributed by atoms with E-state index >= 15 is 0 Å². The first-order valence-electron chi connectivity index (χ1n) is 5.65. The molecule has 4 nitrogen and oxygen atoms in total. The minimum absolute atomic E-state index is 0.182. The van der Waals surface area contributed by atoms with Gasteiger partial charge in [0.2, 0.25) is 0 Å². The number of nitrogens with one attached hydrogen (secondary N) is 1. The largest absolute Gasteiger partial charge is 0.445 e. The maximum atomic E-state index is 5.70. The van der Waals surface area contributed by atoms with E-state index in [2.05, 4.69) is 10.3 Å². The SMILES string of the molecule is c1ccc2oc(O[C@@H]3CCCNC3)nc2c1. The summed E-state index contributed by atoms with van der Waals surface area (Å²) in [5, 5.41) is 3.29. The van der Waals surface area contributed by atoms with Crippen LogP contribution >= 0.6 is 0 Å². The molecule has 1 aromatic heterocycles. The molecule has 2 aromatic rings. The number of rotatable bonds is 2. The second-order valence-corrected chi connectivity index (χ2v) is 4.03.